The first-order valence-corrected chi connectivity index (χ1v) is 4.72. The third kappa shape index (κ3) is 2.59. The zero-order chi connectivity index (χ0) is 9.84. The average Bonchev–Trinajstić information content (AvgIpc) is 2.52. The number of amides is 2. The molecule has 0 radical (unpaired) electrons. The number of hydrogen-bond acceptors (Lipinski definition) is 2. The van der Waals surface area contributed by atoms with Gasteiger partial charge in [-0.05, 0) is 18.8 Å². The standard InChI is InChI=1S/C9H18N2O2/c1-10(2)9(13)11-5-3-8(7-11)4-6-12/h8,12H,3-7H2,1-2H3. The van der Waals surface area contributed by atoms with Crippen molar-refractivity contribution < 1.29 is 9.90 Å². The van der Waals surface area contributed by atoms with E-state index in [4.69, 9.17) is 5.11 Å². The van der Waals surface area contributed by atoms with E-state index in [0.29, 0.717) is 5.92 Å². The third-order valence-electron chi connectivity index (χ3n) is 2.48. The fraction of sp³-hybridized carbons (Fsp3) is 0.889. The van der Waals surface area contributed by atoms with Gasteiger partial charge in [0.1, 0.15) is 0 Å². The van der Waals surface area contributed by atoms with Crippen LogP contribution in [-0.4, -0.2) is 54.7 Å². The zero-order valence-corrected chi connectivity index (χ0v) is 8.36. The van der Waals surface area contributed by atoms with Crippen molar-refractivity contribution in [2.24, 2.45) is 5.92 Å². The van der Waals surface area contributed by atoms with Crippen LogP contribution in [-0.2, 0) is 0 Å². The highest BCUT2D eigenvalue weighted by atomic mass is 16.3. The van der Waals surface area contributed by atoms with Crippen LogP contribution in [0.15, 0.2) is 0 Å². The van der Waals surface area contributed by atoms with Gasteiger partial charge < -0.3 is 14.9 Å². The Morgan fingerprint density at radius 1 is 1.62 bits per heavy atom. The minimum atomic E-state index is 0.0837. The summed E-state index contributed by atoms with van der Waals surface area (Å²) in [6, 6.07) is 0.0837. The predicted octanol–water partition coefficient (Wildman–Crippen LogP) is 0.372. The quantitative estimate of drug-likeness (QED) is 0.677. The molecule has 2 amide bonds. The largest absolute Gasteiger partial charge is 0.396 e. The highest BCUT2D eigenvalue weighted by molar-refractivity contribution is 5.74. The SMILES string of the molecule is CN(C)C(=O)N1CCC(CCO)C1. The van der Waals surface area contributed by atoms with Gasteiger partial charge in [-0.1, -0.05) is 0 Å². The minimum absolute atomic E-state index is 0.0837. The molecule has 1 aliphatic rings. The summed E-state index contributed by atoms with van der Waals surface area (Å²) in [6.07, 6.45) is 1.84. The monoisotopic (exact) mass is 186 g/mol. The molecule has 1 unspecified atom stereocenters. The van der Waals surface area contributed by atoms with Gasteiger partial charge in [0.2, 0.25) is 0 Å². The van der Waals surface area contributed by atoms with Gasteiger partial charge in [0, 0.05) is 33.8 Å². The Kier molecular flexibility index (Phi) is 3.54. The normalized spacial score (nSPS) is 22.1. The predicted molar refractivity (Wildman–Crippen MR) is 50.5 cm³/mol. The first-order chi connectivity index (χ1) is 6.15. The van der Waals surface area contributed by atoms with E-state index in [1.165, 1.54) is 0 Å². The second-order valence-corrected chi connectivity index (χ2v) is 3.79. The molecule has 1 N–H and O–H groups in total. The number of hydrogen-bond donors (Lipinski definition) is 1. The van der Waals surface area contributed by atoms with Gasteiger partial charge in [0.25, 0.3) is 0 Å². The Bertz CT molecular complexity index is 182. The van der Waals surface area contributed by atoms with Crippen LogP contribution < -0.4 is 0 Å². The first kappa shape index (κ1) is 10.3. The number of aliphatic hydroxyl groups excluding tert-OH is 1. The first-order valence-electron chi connectivity index (χ1n) is 4.72. The number of rotatable bonds is 2. The smallest absolute Gasteiger partial charge is 0.319 e. The van der Waals surface area contributed by atoms with Crippen LogP contribution in [0.1, 0.15) is 12.8 Å². The summed E-state index contributed by atoms with van der Waals surface area (Å²) < 4.78 is 0. The maximum atomic E-state index is 11.5. The van der Waals surface area contributed by atoms with Gasteiger partial charge in [-0.3, -0.25) is 0 Å². The summed E-state index contributed by atoms with van der Waals surface area (Å²) >= 11 is 0. The molecule has 0 spiro atoms. The molecule has 1 fully saturated rings. The van der Waals surface area contributed by atoms with Gasteiger partial charge in [-0.2, -0.15) is 0 Å². The van der Waals surface area contributed by atoms with E-state index in [-0.39, 0.29) is 12.6 Å². The summed E-state index contributed by atoms with van der Waals surface area (Å²) in [4.78, 5) is 14.9. The third-order valence-corrected chi connectivity index (χ3v) is 2.48. The molecule has 0 aromatic heterocycles. The van der Waals surface area contributed by atoms with Crippen LogP contribution in [0.3, 0.4) is 0 Å². The van der Waals surface area contributed by atoms with Crippen LogP contribution in [0, 0.1) is 5.92 Å². The number of likely N-dealkylation sites (tertiary alicyclic amines) is 1. The number of carbonyl (C=O) groups excluding carboxylic acids is 1. The van der Waals surface area contributed by atoms with E-state index < -0.39 is 0 Å². The molecule has 0 aromatic rings. The molecule has 4 nitrogen and oxygen atoms in total. The van der Waals surface area contributed by atoms with E-state index in [2.05, 4.69) is 0 Å². The number of carbonyl (C=O) groups is 1. The van der Waals surface area contributed by atoms with Crippen molar-refractivity contribution in [2.45, 2.75) is 12.8 Å². The van der Waals surface area contributed by atoms with Crippen molar-refractivity contribution in [1.29, 1.82) is 0 Å². The second-order valence-electron chi connectivity index (χ2n) is 3.79. The number of urea groups is 1. The lowest BCUT2D eigenvalue weighted by Gasteiger charge is -2.21. The minimum Gasteiger partial charge on any atom is -0.396 e. The Balaban J connectivity index is 2.36. The molecule has 4 heteroatoms. The van der Waals surface area contributed by atoms with E-state index in [0.717, 1.165) is 25.9 Å². The molecule has 0 aromatic carbocycles. The van der Waals surface area contributed by atoms with Gasteiger partial charge in [-0.15, -0.1) is 0 Å². The van der Waals surface area contributed by atoms with Crippen molar-refractivity contribution in [3.63, 3.8) is 0 Å². The Hall–Kier alpha value is -0.770. The molecule has 1 aliphatic heterocycles. The van der Waals surface area contributed by atoms with Crippen LogP contribution in [0.2, 0.25) is 0 Å². The van der Waals surface area contributed by atoms with Crippen molar-refractivity contribution >= 4 is 6.03 Å². The summed E-state index contributed by atoms with van der Waals surface area (Å²) in [7, 11) is 3.53. The van der Waals surface area contributed by atoms with Crippen LogP contribution in [0.4, 0.5) is 4.79 Å². The van der Waals surface area contributed by atoms with Gasteiger partial charge in [0.05, 0.1) is 0 Å². The summed E-state index contributed by atoms with van der Waals surface area (Å²) in [5, 5.41) is 8.75. The fourth-order valence-corrected chi connectivity index (χ4v) is 1.71. The Morgan fingerprint density at radius 3 is 2.85 bits per heavy atom. The summed E-state index contributed by atoms with van der Waals surface area (Å²) in [6.45, 7) is 1.87. The lowest BCUT2D eigenvalue weighted by molar-refractivity contribution is 0.178. The topological polar surface area (TPSA) is 43.8 Å². The van der Waals surface area contributed by atoms with Gasteiger partial charge in [-0.25, -0.2) is 4.79 Å². The molecule has 1 heterocycles. The maximum Gasteiger partial charge on any atom is 0.319 e. The molecule has 1 saturated heterocycles. The number of aliphatic hydroxyl groups is 1. The van der Waals surface area contributed by atoms with Crippen molar-refractivity contribution in [1.82, 2.24) is 9.80 Å². The van der Waals surface area contributed by atoms with Crippen LogP contribution in [0.5, 0.6) is 0 Å². The molecule has 0 bridgehead atoms. The van der Waals surface area contributed by atoms with E-state index in [1.54, 1.807) is 19.0 Å². The molecular formula is C9H18N2O2. The van der Waals surface area contributed by atoms with Crippen LogP contribution in [0.25, 0.3) is 0 Å². The maximum absolute atomic E-state index is 11.5. The lowest BCUT2D eigenvalue weighted by atomic mass is 10.1. The molecular weight excluding hydrogens is 168 g/mol. The Labute approximate surface area is 79.1 Å². The Morgan fingerprint density at radius 2 is 2.31 bits per heavy atom. The number of nitrogens with zero attached hydrogens (tertiary/aromatic N) is 2. The van der Waals surface area contributed by atoms with Crippen molar-refractivity contribution in [2.75, 3.05) is 33.8 Å². The van der Waals surface area contributed by atoms with Crippen molar-refractivity contribution in [3.8, 4) is 0 Å². The molecule has 1 rings (SSSR count). The summed E-state index contributed by atoms with van der Waals surface area (Å²) in [5.74, 6) is 0.494. The van der Waals surface area contributed by atoms with E-state index in [1.807, 2.05) is 4.90 Å². The lowest BCUT2D eigenvalue weighted by Crippen LogP contribution is -2.37. The molecule has 0 aliphatic carbocycles. The molecule has 13 heavy (non-hydrogen) atoms. The van der Waals surface area contributed by atoms with Gasteiger partial charge >= 0.3 is 6.03 Å². The highest BCUT2D eigenvalue weighted by Crippen LogP contribution is 2.19. The molecule has 1 atom stereocenters. The summed E-state index contributed by atoms with van der Waals surface area (Å²) in [5.41, 5.74) is 0. The highest BCUT2D eigenvalue weighted by Gasteiger charge is 2.26. The zero-order valence-electron chi connectivity index (χ0n) is 8.36. The van der Waals surface area contributed by atoms with E-state index >= 15 is 0 Å². The molecule has 76 valence electrons. The van der Waals surface area contributed by atoms with Gasteiger partial charge in [0.15, 0.2) is 0 Å². The van der Waals surface area contributed by atoms with Crippen LogP contribution >= 0.6 is 0 Å². The van der Waals surface area contributed by atoms with Crippen molar-refractivity contribution in [3.05, 3.63) is 0 Å². The second kappa shape index (κ2) is 4.46. The fourth-order valence-electron chi connectivity index (χ4n) is 1.71. The average molecular weight is 186 g/mol. The molecule has 0 saturated carbocycles. The van der Waals surface area contributed by atoms with E-state index in [9.17, 15) is 4.79 Å².